The van der Waals surface area contributed by atoms with Crippen LogP contribution in [0.5, 0.6) is 0 Å². The van der Waals surface area contributed by atoms with Crippen molar-refractivity contribution in [3.8, 4) is 0 Å². The number of hydrogen-bond acceptors (Lipinski definition) is 1. The summed E-state index contributed by atoms with van der Waals surface area (Å²) >= 11 is 10.8. The lowest BCUT2D eigenvalue weighted by molar-refractivity contribution is -0.131. The minimum absolute atomic E-state index is 0.426. The van der Waals surface area contributed by atoms with Crippen LogP contribution < -0.4 is 0 Å². The van der Waals surface area contributed by atoms with Crippen molar-refractivity contribution in [3.05, 3.63) is 24.3 Å². The van der Waals surface area contributed by atoms with Gasteiger partial charge >= 0.3 is 5.97 Å². The summed E-state index contributed by atoms with van der Waals surface area (Å²) in [6.07, 6.45) is 6.26. The molecule has 0 unspecified atom stereocenters. The van der Waals surface area contributed by atoms with Crippen molar-refractivity contribution in [2.75, 3.05) is 0 Å². The molecule has 0 heterocycles. The number of carboxylic acid groups (broad SMARTS) is 1. The van der Waals surface area contributed by atoms with Gasteiger partial charge in [0.25, 0.3) is 0 Å². The van der Waals surface area contributed by atoms with Gasteiger partial charge in [-0.05, 0) is 6.42 Å². The molecule has 0 spiro atoms. The first-order valence-electron chi connectivity index (χ1n) is 2.97. The maximum atomic E-state index is 9.92. The molecule has 0 atom stereocenters. The Balaban J connectivity index is 3.52. The van der Waals surface area contributed by atoms with Crippen molar-refractivity contribution in [1.82, 2.24) is 0 Å². The van der Waals surface area contributed by atoms with E-state index in [0.29, 0.717) is 6.42 Å². The molecule has 0 aromatic heterocycles. The number of allylic oxidation sites excluding steroid dienone is 3. The highest BCUT2D eigenvalue weighted by atomic mass is 35.5. The third-order valence-electron chi connectivity index (χ3n) is 0.800. The molecule has 2 nitrogen and oxygen atoms in total. The topological polar surface area (TPSA) is 37.3 Å². The summed E-state index contributed by atoms with van der Waals surface area (Å²) in [6.45, 7) is 0. The second-order valence-corrected chi connectivity index (χ2v) is 3.03. The monoisotopic (exact) mass is 194 g/mol. The average molecular weight is 195 g/mol. The first kappa shape index (κ1) is 10.5. The molecule has 62 valence electrons. The zero-order valence-corrected chi connectivity index (χ0v) is 7.22. The largest absolute Gasteiger partial charge is 0.478 e. The lowest BCUT2D eigenvalue weighted by Crippen LogP contribution is -1.84. The molecular formula is C7H8Cl2O2. The molecule has 0 aliphatic heterocycles. The molecule has 0 bridgehead atoms. The number of rotatable bonds is 4. The maximum Gasteiger partial charge on any atom is 0.328 e. The minimum Gasteiger partial charge on any atom is -0.478 e. The van der Waals surface area contributed by atoms with Crippen LogP contribution in [0.4, 0.5) is 0 Å². The Bertz CT molecular complexity index is 173. The fourth-order valence-electron chi connectivity index (χ4n) is 0.398. The van der Waals surface area contributed by atoms with Gasteiger partial charge in [-0.2, -0.15) is 0 Å². The second kappa shape index (κ2) is 6.25. The number of alkyl halides is 2. The van der Waals surface area contributed by atoms with E-state index in [0.717, 1.165) is 6.08 Å². The van der Waals surface area contributed by atoms with E-state index < -0.39 is 10.8 Å². The van der Waals surface area contributed by atoms with Crippen molar-refractivity contribution in [3.63, 3.8) is 0 Å². The molecule has 0 rings (SSSR count). The minimum atomic E-state index is -0.969. The predicted octanol–water partition coefficient (Wildman–Crippen LogP) is 2.38. The lowest BCUT2D eigenvalue weighted by Gasteiger charge is -1.89. The normalized spacial score (nSPS) is 11.9. The summed E-state index contributed by atoms with van der Waals surface area (Å²) in [5.74, 6) is -0.969. The van der Waals surface area contributed by atoms with Crippen LogP contribution >= 0.6 is 23.2 Å². The van der Waals surface area contributed by atoms with Crippen LogP contribution in [0, 0.1) is 0 Å². The third kappa shape index (κ3) is 9.53. The SMILES string of the molecule is O=C(O)C=CC=CCC(Cl)Cl. The van der Waals surface area contributed by atoms with Crippen LogP contribution in [-0.4, -0.2) is 15.9 Å². The maximum absolute atomic E-state index is 9.92. The van der Waals surface area contributed by atoms with Gasteiger partial charge in [0.05, 0.1) is 0 Å². The lowest BCUT2D eigenvalue weighted by atomic mass is 10.4. The second-order valence-electron chi connectivity index (χ2n) is 1.75. The summed E-state index contributed by atoms with van der Waals surface area (Å²) in [7, 11) is 0. The van der Waals surface area contributed by atoms with Crippen LogP contribution in [0.1, 0.15) is 6.42 Å². The quantitative estimate of drug-likeness (QED) is 0.424. The highest BCUT2D eigenvalue weighted by Crippen LogP contribution is 2.06. The molecule has 0 fully saturated rings. The fourth-order valence-corrected chi connectivity index (χ4v) is 0.604. The van der Waals surface area contributed by atoms with E-state index >= 15 is 0 Å². The summed E-state index contributed by atoms with van der Waals surface area (Å²) in [5.41, 5.74) is 0. The summed E-state index contributed by atoms with van der Waals surface area (Å²) in [6, 6.07) is 0. The molecule has 11 heavy (non-hydrogen) atoms. The Morgan fingerprint density at radius 1 is 1.45 bits per heavy atom. The van der Waals surface area contributed by atoms with Crippen LogP contribution in [-0.2, 0) is 4.79 Å². The Morgan fingerprint density at radius 3 is 2.55 bits per heavy atom. The summed E-state index contributed by atoms with van der Waals surface area (Å²) in [5, 5.41) is 8.15. The van der Waals surface area contributed by atoms with Gasteiger partial charge in [0, 0.05) is 6.08 Å². The Kier molecular flexibility index (Phi) is 5.99. The van der Waals surface area contributed by atoms with Gasteiger partial charge in [-0.15, -0.1) is 23.2 Å². The van der Waals surface area contributed by atoms with Gasteiger partial charge in [0.2, 0.25) is 0 Å². The zero-order chi connectivity index (χ0) is 8.69. The summed E-state index contributed by atoms with van der Waals surface area (Å²) < 4.78 is 0. The number of carboxylic acids is 1. The predicted molar refractivity (Wildman–Crippen MR) is 46.0 cm³/mol. The van der Waals surface area contributed by atoms with Crippen molar-refractivity contribution < 1.29 is 9.90 Å². The Labute approximate surface area is 75.1 Å². The van der Waals surface area contributed by atoms with Gasteiger partial charge in [-0.25, -0.2) is 4.79 Å². The van der Waals surface area contributed by atoms with Gasteiger partial charge < -0.3 is 5.11 Å². The van der Waals surface area contributed by atoms with E-state index in [2.05, 4.69) is 0 Å². The molecule has 0 saturated carbocycles. The van der Waals surface area contributed by atoms with Crippen molar-refractivity contribution >= 4 is 29.2 Å². The molecule has 0 aliphatic rings. The molecule has 1 N–H and O–H groups in total. The third-order valence-corrected chi connectivity index (χ3v) is 1.16. The van der Waals surface area contributed by atoms with Gasteiger partial charge in [0.15, 0.2) is 0 Å². The van der Waals surface area contributed by atoms with Crippen molar-refractivity contribution in [2.45, 2.75) is 11.3 Å². The number of halogens is 2. The zero-order valence-electron chi connectivity index (χ0n) is 5.71. The number of carbonyl (C=O) groups is 1. The molecule has 0 aliphatic carbocycles. The average Bonchev–Trinajstić information content (AvgIpc) is 1.85. The number of aliphatic carboxylic acids is 1. The smallest absolute Gasteiger partial charge is 0.328 e. The van der Waals surface area contributed by atoms with Crippen molar-refractivity contribution in [1.29, 1.82) is 0 Å². The van der Waals surface area contributed by atoms with E-state index in [1.165, 1.54) is 6.08 Å². The van der Waals surface area contributed by atoms with Crippen molar-refractivity contribution in [2.24, 2.45) is 0 Å². The standard InChI is InChI=1S/C7H8Cl2O2/c8-6(9)4-2-1-3-5-7(10)11/h1-3,5-6H,4H2,(H,10,11). The molecule has 4 heteroatoms. The Morgan fingerprint density at radius 2 is 2.09 bits per heavy atom. The highest BCUT2D eigenvalue weighted by molar-refractivity contribution is 6.44. The van der Waals surface area contributed by atoms with Gasteiger partial charge in [-0.1, -0.05) is 18.2 Å². The fraction of sp³-hybridized carbons (Fsp3) is 0.286. The first-order chi connectivity index (χ1) is 5.13. The van der Waals surface area contributed by atoms with E-state index in [1.807, 2.05) is 0 Å². The molecular weight excluding hydrogens is 187 g/mol. The Hall–Kier alpha value is -0.470. The van der Waals surface area contributed by atoms with E-state index in [-0.39, 0.29) is 0 Å². The van der Waals surface area contributed by atoms with Crippen LogP contribution in [0.2, 0.25) is 0 Å². The molecule has 0 aromatic rings. The van der Waals surface area contributed by atoms with Crippen LogP contribution in [0.3, 0.4) is 0 Å². The molecule has 0 radical (unpaired) electrons. The van der Waals surface area contributed by atoms with E-state index in [4.69, 9.17) is 28.3 Å². The summed E-state index contributed by atoms with van der Waals surface area (Å²) in [4.78, 5) is 9.50. The number of hydrogen-bond donors (Lipinski definition) is 1. The van der Waals surface area contributed by atoms with Gasteiger partial charge in [-0.3, -0.25) is 0 Å². The first-order valence-corrected chi connectivity index (χ1v) is 3.84. The van der Waals surface area contributed by atoms with E-state index in [1.54, 1.807) is 12.2 Å². The molecule has 0 amide bonds. The molecule has 0 saturated heterocycles. The van der Waals surface area contributed by atoms with E-state index in [9.17, 15) is 4.79 Å². The van der Waals surface area contributed by atoms with Gasteiger partial charge in [0.1, 0.15) is 4.84 Å². The van der Waals surface area contributed by atoms with Crippen LogP contribution in [0.15, 0.2) is 24.3 Å². The molecule has 0 aromatic carbocycles. The van der Waals surface area contributed by atoms with Crippen LogP contribution in [0.25, 0.3) is 0 Å². The highest BCUT2D eigenvalue weighted by Gasteiger charge is 1.90.